The molecule has 0 spiro atoms. The second kappa shape index (κ2) is 8.69. The lowest BCUT2D eigenvalue weighted by atomic mass is 10.0. The van der Waals surface area contributed by atoms with Crippen LogP contribution in [0.25, 0.3) is 10.2 Å². The van der Waals surface area contributed by atoms with Crippen molar-refractivity contribution < 1.29 is 9.53 Å². The lowest BCUT2D eigenvalue weighted by molar-refractivity contribution is 0.0272. The fourth-order valence-corrected chi connectivity index (χ4v) is 4.87. The minimum Gasteiger partial charge on any atom is -0.375 e. The van der Waals surface area contributed by atoms with E-state index in [1.54, 1.807) is 11.3 Å². The molecule has 0 radical (unpaired) electrons. The van der Waals surface area contributed by atoms with Gasteiger partial charge in [-0.1, -0.05) is 42.0 Å². The van der Waals surface area contributed by atoms with Gasteiger partial charge in [0.05, 0.1) is 28.1 Å². The van der Waals surface area contributed by atoms with E-state index in [0.29, 0.717) is 24.7 Å². The van der Waals surface area contributed by atoms with E-state index in [-0.39, 0.29) is 23.9 Å². The van der Waals surface area contributed by atoms with Crippen LogP contribution in [0.4, 0.5) is 5.13 Å². The quantitative estimate of drug-likeness (QED) is 0.620. The molecule has 29 heavy (non-hydrogen) atoms. The molecule has 1 unspecified atom stereocenters. The van der Waals surface area contributed by atoms with Gasteiger partial charge < -0.3 is 19.9 Å². The Bertz CT molecular complexity index is 971. The van der Waals surface area contributed by atoms with Crippen molar-refractivity contribution in [3.8, 4) is 0 Å². The van der Waals surface area contributed by atoms with Gasteiger partial charge in [0, 0.05) is 19.7 Å². The SMILES string of the molecule is CCO[C@H]1CN(c2nc3ccccc3s2)CCC1NC(=O)c1nc(Cl)c(CC)[nH]1. The van der Waals surface area contributed by atoms with E-state index in [1.165, 1.54) is 4.70 Å². The number of fused-ring (bicyclic) bond motifs is 1. The number of nitrogens with one attached hydrogen (secondary N) is 2. The molecule has 1 aliphatic heterocycles. The van der Waals surface area contributed by atoms with E-state index in [1.807, 2.05) is 32.0 Å². The fourth-order valence-electron chi connectivity index (χ4n) is 3.60. The normalized spacial score (nSPS) is 19.6. The van der Waals surface area contributed by atoms with Gasteiger partial charge in [-0.25, -0.2) is 9.97 Å². The molecule has 7 nitrogen and oxygen atoms in total. The van der Waals surface area contributed by atoms with Gasteiger partial charge in [-0.05, 0) is 31.9 Å². The molecule has 1 aliphatic rings. The zero-order valence-electron chi connectivity index (χ0n) is 16.4. The second-order valence-electron chi connectivity index (χ2n) is 6.98. The number of ether oxygens (including phenoxy) is 1. The Balaban J connectivity index is 1.46. The average molecular weight is 434 g/mol. The van der Waals surface area contributed by atoms with Gasteiger partial charge in [0.15, 0.2) is 16.1 Å². The lowest BCUT2D eigenvalue weighted by Gasteiger charge is -2.38. The lowest BCUT2D eigenvalue weighted by Crippen LogP contribution is -2.55. The Morgan fingerprint density at radius 1 is 1.38 bits per heavy atom. The van der Waals surface area contributed by atoms with Crippen molar-refractivity contribution in [1.29, 1.82) is 0 Å². The number of aromatic amines is 1. The number of halogens is 1. The van der Waals surface area contributed by atoms with Gasteiger partial charge >= 0.3 is 0 Å². The van der Waals surface area contributed by atoms with Crippen LogP contribution in [0.2, 0.25) is 5.15 Å². The van der Waals surface area contributed by atoms with Crippen LogP contribution in [0.5, 0.6) is 0 Å². The largest absolute Gasteiger partial charge is 0.375 e. The van der Waals surface area contributed by atoms with Crippen LogP contribution in [-0.4, -0.2) is 52.7 Å². The highest BCUT2D eigenvalue weighted by Crippen LogP contribution is 2.31. The van der Waals surface area contributed by atoms with Crippen molar-refractivity contribution in [2.45, 2.75) is 38.8 Å². The van der Waals surface area contributed by atoms with Crippen LogP contribution in [0.15, 0.2) is 24.3 Å². The summed E-state index contributed by atoms with van der Waals surface area (Å²) >= 11 is 7.76. The molecule has 4 rings (SSSR count). The summed E-state index contributed by atoms with van der Waals surface area (Å²) in [6, 6.07) is 8.05. The standard InChI is InChI=1S/C20H24ClN5O2S/c1-3-12-17(21)25-18(22-12)19(27)23-13-9-10-26(11-15(13)28-4-2)20-24-14-7-5-6-8-16(14)29-20/h5-8,13,15H,3-4,9-11H2,1-2H3,(H,22,25)(H,23,27)/t13?,15-/m0/s1. The summed E-state index contributed by atoms with van der Waals surface area (Å²) in [5.41, 5.74) is 1.78. The van der Waals surface area contributed by atoms with Gasteiger partial charge in [-0.15, -0.1) is 0 Å². The number of amides is 1. The van der Waals surface area contributed by atoms with Crippen molar-refractivity contribution in [2.24, 2.45) is 0 Å². The number of benzene rings is 1. The molecule has 3 heterocycles. The Labute approximate surface area is 178 Å². The van der Waals surface area contributed by atoms with Crippen LogP contribution >= 0.6 is 22.9 Å². The number of piperidine rings is 1. The first-order valence-electron chi connectivity index (χ1n) is 9.86. The number of imidazole rings is 1. The van der Waals surface area contributed by atoms with Gasteiger partial charge in [0.25, 0.3) is 5.91 Å². The first kappa shape index (κ1) is 20.1. The zero-order valence-corrected chi connectivity index (χ0v) is 18.0. The summed E-state index contributed by atoms with van der Waals surface area (Å²) in [5, 5.41) is 4.42. The highest BCUT2D eigenvalue weighted by Gasteiger charge is 2.33. The molecule has 1 saturated heterocycles. The van der Waals surface area contributed by atoms with Crippen LogP contribution in [0.1, 0.15) is 36.6 Å². The third-order valence-corrected chi connectivity index (χ3v) is 6.52. The molecule has 3 aromatic rings. The Morgan fingerprint density at radius 2 is 2.21 bits per heavy atom. The summed E-state index contributed by atoms with van der Waals surface area (Å²) in [6.45, 7) is 5.99. The molecule has 9 heteroatoms. The highest BCUT2D eigenvalue weighted by molar-refractivity contribution is 7.22. The second-order valence-corrected chi connectivity index (χ2v) is 8.35. The summed E-state index contributed by atoms with van der Waals surface area (Å²) in [4.78, 5) is 26.8. The number of carbonyl (C=O) groups is 1. The van der Waals surface area contributed by atoms with E-state index in [0.717, 1.165) is 29.3 Å². The van der Waals surface area contributed by atoms with Crippen molar-refractivity contribution in [1.82, 2.24) is 20.3 Å². The van der Waals surface area contributed by atoms with Gasteiger partial charge in [-0.3, -0.25) is 4.79 Å². The molecule has 2 aromatic heterocycles. The number of aromatic nitrogens is 3. The van der Waals surface area contributed by atoms with Gasteiger partial charge in [-0.2, -0.15) is 0 Å². The van der Waals surface area contributed by atoms with E-state index in [2.05, 4.69) is 26.3 Å². The van der Waals surface area contributed by atoms with E-state index < -0.39 is 0 Å². The third kappa shape index (κ3) is 4.24. The van der Waals surface area contributed by atoms with E-state index in [4.69, 9.17) is 21.3 Å². The van der Waals surface area contributed by atoms with Crippen molar-refractivity contribution >= 4 is 44.2 Å². The Kier molecular flexibility index (Phi) is 6.03. The molecule has 1 amide bonds. The zero-order chi connectivity index (χ0) is 20.4. The number of H-pyrrole nitrogens is 1. The summed E-state index contributed by atoms with van der Waals surface area (Å²) in [5.74, 6) is -0.00885. The number of aryl methyl sites for hydroxylation is 1. The predicted octanol–water partition coefficient (Wildman–Crippen LogP) is 3.65. The molecule has 2 atom stereocenters. The topological polar surface area (TPSA) is 83.1 Å². The first-order chi connectivity index (χ1) is 14.1. The number of hydrogen-bond donors (Lipinski definition) is 2. The molecule has 1 aromatic carbocycles. The minimum absolute atomic E-state index is 0.0953. The van der Waals surface area contributed by atoms with Gasteiger partial charge in [0.2, 0.25) is 0 Å². The van der Waals surface area contributed by atoms with Crippen molar-refractivity contribution in [3.05, 3.63) is 40.9 Å². The maximum atomic E-state index is 12.7. The predicted molar refractivity (Wildman–Crippen MR) is 116 cm³/mol. The smallest absolute Gasteiger partial charge is 0.287 e. The number of nitrogens with zero attached hydrogens (tertiary/aromatic N) is 3. The number of thiazole rings is 1. The molecule has 0 bridgehead atoms. The summed E-state index contributed by atoms with van der Waals surface area (Å²) in [6.07, 6.45) is 1.34. The fraction of sp³-hybridized carbons (Fsp3) is 0.450. The Hall–Kier alpha value is -2.16. The number of para-hydroxylation sites is 1. The maximum Gasteiger partial charge on any atom is 0.287 e. The summed E-state index contributed by atoms with van der Waals surface area (Å²) < 4.78 is 7.15. The number of anilines is 1. The van der Waals surface area contributed by atoms with Crippen LogP contribution < -0.4 is 10.2 Å². The molecule has 2 N–H and O–H groups in total. The van der Waals surface area contributed by atoms with Crippen LogP contribution in [0.3, 0.4) is 0 Å². The molecule has 1 fully saturated rings. The minimum atomic E-state index is -0.255. The first-order valence-corrected chi connectivity index (χ1v) is 11.1. The van der Waals surface area contributed by atoms with E-state index in [9.17, 15) is 4.79 Å². The van der Waals surface area contributed by atoms with E-state index >= 15 is 0 Å². The summed E-state index contributed by atoms with van der Waals surface area (Å²) in [7, 11) is 0. The average Bonchev–Trinajstić information content (AvgIpc) is 3.32. The molecular formula is C20H24ClN5O2S. The molecule has 0 saturated carbocycles. The van der Waals surface area contributed by atoms with Crippen LogP contribution in [-0.2, 0) is 11.2 Å². The molecular weight excluding hydrogens is 410 g/mol. The van der Waals surface area contributed by atoms with Gasteiger partial charge in [0.1, 0.15) is 0 Å². The van der Waals surface area contributed by atoms with Crippen molar-refractivity contribution in [3.63, 3.8) is 0 Å². The molecule has 154 valence electrons. The third-order valence-electron chi connectivity index (χ3n) is 5.11. The Morgan fingerprint density at radius 3 is 2.93 bits per heavy atom. The number of carbonyl (C=O) groups excluding carboxylic acids is 1. The van der Waals surface area contributed by atoms with Crippen molar-refractivity contribution in [2.75, 3.05) is 24.6 Å². The maximum absolute atomic E-state index is 12.7. The highest BCUT2D eigenvalue weighted by atomic mass is 35.5. The van der Waals surface area contributed by atoms with Crippen LogP contribution in [0, 0.1) is 0 Å². The number of hydrogen-bond acceptors (Lipinski definition) is 6. The molecule has 0 aliphatic carbocycles. The number of rotatable bonds is 6. The monoisotopic (exact) mass is 433 g/mol.